The van der Waals surface area contributed by atoms with Crippen molar-refractivity contribution in [1.82, 2.24) is 5.16 Å². The van der Waals surface area contributed by atoms with Crippen LogP contribution in [-0.2, 0) is 20.0 Å². The maximum atomic E-state index is 12.7. The average molecular weight is 350 g/mol. The molecule has 1 heterocycles. The van der Waals surface area contributed by atoms with Crippen LogP contribution in [0.25, 0.3) is 0 Å². The molecular weight excluding hydrogens is 328 g/mol. The van der Waals surface area contributed by atoms with Crippen molar-refractivity contribution in [2.75, 3.05) is 5.32 Å². The maximum absolute atomic E-state index is 12.7. The van der Waals surface area contributed by atoms with Gasteiger partial charge in [0.15, 0.2) is 15.7 Å². The molecule has 7 heteroatoms. The summed E-state index contributed by atoms with van der Waals surface area (Å²) in [7, 11) is -3.85. The van der Waals surface area contributed by atoms with Crippen molar-refractivity contribution in [1.29, 1.82) is 0 Å². The van der Waals surface area contributed by atoms with E-state index in [-0.39, 0.29) is 16.1 Å². The molecule has 6 nitrogen and oxygen atoms in total. The number of nitrogens with zero attached hydrogens (tertiary/aromatic N) is 1. The minimum absolute atomic E-state index is 0.0979. The van der Waals surface area contributed by atoms with E-state index in [4.69, 9.17) is 4.52 Å². The van der Waals surface area contributed by atoms with Gasteiger partial charge in [-0.3, -0.25) is 4.79 Å². The van der Waals surface area contributed by atoms with Crippen LogP contribution >= 0.6 is 0 Å². The molecule has 2 rings (SSSR count). The molecule has 0 aliphatic heterocycles. The van der Waals surface area contributed by atoms with Gasteiger partial charge in [0.25, 0.3) is 0 Å². The number of hydrogen-bond acceptors (Lipinski definition) is 5. The van der Waals surface area contributed by atoms with Crippen molar-refractivity contribution in [3.8, 4) is 0 Å². The minimum atomic E-state index is -3.85. The molecule has 130 valence electrons. The molecule has 0 unspecified atom stereocenters. The number of hydrogen-bond donors (Lipinski definition) is 1. The van der Waals surface area contributed by atoms with Crippen LogP contribution in [0.4, 0.5) is 5.82 Å². The first-order valence-electron chi connectivity index (χ1n) is 7.54. The van der Waals surface area contributed by atoms with Crippen LogP contribution in [0.3, 0.4) is 0 Å². The van der Waals surface area contributed by atoms with Crippen LogP contribution in [0.15, 0.2) is 45.8 Å². The minimum Gasteiger partial charge on any atom is -0.359 e. The van der Waals surface area contributed by atoms with Crippen LogP contribution in [0.1, 0.15) is 40.4 Å². The molecule has 0 saturated carbocycles. The molecule has 24 heavy (non-hydrogen) atoms. The molecular formula is C17H22N2O4S. The van der Waals surface area contributed by atoms with Gasteiger partial charge in [-0.1, -0.05) is 44.1 Å². The van der Waals surface area contributed by atoms with Crippen molar-refractivity contribution >= 4 is 21.6 Å². The highest BCUT2D eigenvalue weighted by Crippen LogP contribution is 2.28. The lowest BCUT2D eigenvalue weighted by molar-refractivity contribution is -0.117. The number of anilines is 1. The molecule has 1 aromatic carbocycles. The van der Waals surface area contributed by atoms with Gasteiger partial charge in [0.2, 0.25) is 5.91 Å². The van der Waals surface area contributed by atoms with Crippen LogP contribution in [-0.4, -0.2) is 24.2 Å². The van der Waals surface area contributed by atoms with E-state index in [2.05, 4.69) is 10.5 Å². The molecule has 2 aromatic rings. The van der Waals surface area contributed by atoms with E-state index in [0.717, 1.165) is 0 Å². The first kappa shape index (κ1) is 18.2. The number of benzene rings is 1. The summed E-state index contributed by atoms with van der Waals surface area (Å²) in [6.07, 6.45) is 0. The number of nitrogens with one attached hydrogen (secondary N) is 1. The van der Waals surface area contributed by atoms with E-state index in [1.54, 1.807) is 24.3 Å². The second-order valence-electron chi connectivity index (χ2n) is 7.11. The number of aromatic nitrogens is 1. The fourth-order valence-electron chi connectivity index (χ4n) is 1.97. The molecule has 1 aromatic heterocycles. The standard InChI is InChI=1S/C17H22N2O4S/c1-16(2,3)13-11-14(19-23-13)18-15(20)17(4,5)24(21,22)12-9-7-6-8-10-12/h6-11H,1-5H3,(H,18,19,20). The molecule has 0 atom stereocenters. The Hall–Kier alpha value is -2.15. The Morgan fingerprint density at radius 3 is 2.17 bits per heavy atom. The van der Waals surface area contributed by atoms with E-state index in [1.807, 2.05) is 20.8 Å². The Morgan fingerprint density at radius 2 is 1.67 bits per heavy atom. The highest BCUT2D eigenvalue weighted by atomic mass is 32.2. The summed E-state index contributed by atoms with van der Waals surface area (Å²) >= 11 is 0. The van der Waals surface area contributed by atoms with Gasteiger partial charge in [0, 0.05) is 11.5 Å². The van der Waals surface area contributed by atoms with Gasteiger partial charge >= 0.3 is 0 Å². The molecule has 0 bridgehead atoms. The topological polar surface area (TPSA) is 89.3 Å². The summed E-state index contributed by atoms with van der Waals surface area (Å²) in [5.41, 5.74) is -0.262. The van der Waals surface area contributed by atoms with Crippen molar-refractivity contribution in [3.63, 3.8) is 0 Å². The van der Waals surface area contributed by atoms with Gasteiger partial charge in [-0.05, 0) is 26.0 Å². The highest BCUT2D eigenvalue weighted by molar-refractivity contribution is 7.93. The first-order chi connectivity index (χ1) is 11.0. The SMILES string of the molecule is CC(C)(C)c1cc(NC(=O)C(C)(C)S(=O)(=O)c2ccccc2)no1. The monoisotopic (exact) mass is 350 g/mol. The van der Waals surface area contributed by atoms with E-state index in [1.165, 1.54) is 26.0 Å². The number of amides is 1. The van der Waals surface area contributed by atoms with Gasteiger partial charge < -0.3 is 9.84 Å². The lowest BCUT2D eigenvalue weighted by atomic mass is 9.93. The van der Waals surface area contributed by atoms with Gasteiger partial charge in [0.1, 0.15) is 10.5 Å². The number of carbonyl (C=O) groups excluding carboxylic acids is 1. The van der Waals surface area contributed by atoms with Crippen LogP contribution in [0.5, 0.6) is 0 Å². The van der Waals surface area contributed by atoms with Crippen LogP contribution in [0.2, 0.25) is 0 Å². The van der Waals surface area contributed by atoms with Crippen molar-refractivity contribution in [2.45, 2.75) is 49.7 Å². The van der Waals surface area contributed by atoms with E-state index in [0.29, 0.717) is 5.76 Å². The Kier molecular flexibility index (Phi) is 4.59. The summed E-state index contributed by atoms with van der Waals surface area (Å²) in [6.45, 7) is 8.58. The fourth-order valence-corrected chi connectivity index (χ4v) is 3.37. The molecule has 0 fully saturated rings. The Balaban J connectivity index is 2.26. The molecule has 0 aliphatic carbocycles. The largest absolute Gasteiger partial charge is 0.359 e. The molecule has 0 aliphatic rings. The van der Waals surface area contributed by atoms with E-state index < -0.39 is 20.5 Å². The third-order valence-electron chi connectivity index (χ3n) is 3.76. The summed E-state index contributed by atoms with van der Waals surface area (Å²) in [4.78, 5) is 12.6. The number of carbonyl (C=O) groups is 1. The molecule has 0 radical (unpaired) electrons. The molecule has 1 N–H and O–H groups in total. The predicted molar refractivity (Wildman–Crippen MR) is 91.5 cm³/mol. The Bertz CT molecular complexity index is 831. The maximum Gasteiger partial charge on any atom is 0.246 e. The van der Waals surface area contributed by atoms with Crippen LogP contribution in [0, 0.1) is 0 Å². The zero-order chi connectivity index (χ0) is 18.2. The highest BCUT2D eigenvalue weighted by Gasteiger charge is 2.43. The smallest absolute Gasteiger partial charge is 0.246 e. The fraction of sp³-hybridized carbons (Fsp3) is 0.412. The lowest BCUT2D eigenvalue weighted by Crippen LogP contribution is -2.44. The Labute approximate surface area is 142 Å². The van der Waals surface area contributed by atoms with Crippen molar-refractivity contribution in [3.05, 3.63) is 42.2 Å². The van der Waals surface area contributed by atoms with Crippen molar-refractivity contribution < 1.29 is 17.7 Å². The zero-order valence-electron chi connectivity index (χ0n) is 14.5. The number of sulfone groups is 1. The van der Waals surface area contributed by atoms with Crippen LogP contribution < -0.4 is 5.32 Å². The first-order valence-corrected chi connectivity index (χ1v) is 9.03. The second-order valence-corrected chi connectivity index (χ2v) is 9.61. The second kappa shape index (κ2) is 6.05. The van der Waals surface area contributed by atoms with Gasteiger partial charge in [-0.15, -0.1) is 0 Å². The summed E-state index contributed by atoms with van der Waals surface area (Å²) < 4.78 is 29.0. The van der Waals surface area contributed by atoms with E-state index >= 15 is 0 Å². The quantitative estimate of drug-likeness (QED) is 0.915. The predicted octanol–water partition coefficient (Wildman–Crippen LogP) is 3.16. The Morgan fingerprint density at radius 1 is 1.08 bits per heavy atom. The third-order valence-corrected chi connectivity index (χ3v) is 6.18. The van der Waals surface area contributed by atoms with E-state index in [9.17, 15) is 13.2 Å². The van der Waals surface area contributed by atoms with Crippen molar-refractivity contribution in [2.24, 2.45) is 0 Å². The normalized spacial score (nSPS) is 12.9. The van der Waals surface area contributed by atoms with Gasteiger partial charge in [-0.25, -0.2) is 8.42 Å². The average Bonchev–Trinajstić information content (AvgIpc) is 2.96. The van der Waals surface area contributed by atoms with Gasteiger partial charge in [0.05, 0.1) is 4.90 Å². The third kappa shape index (κ3) is 3.36. The molecule has 0 spiro atoms. The van der Waals surface area contributed by atoms with Gasteiger partial charge in [-0.2, -0.15) is 0 Å². The molecule has 1 amide bonds. The summed E-state index contributed by atoms with van der Waals surface area (Å²) in [5, 5.41) is 6.32. The lowest BCUT2D eigenvalue weighted by Gasteiger charge is -2.23. The molecule has 0 saturated heterocycles. The summed E-state index contributed by atoms with van der Waals surface area (Å²) in [6, 6.07) is 9.50. The summed E-state index contributed by atoms with van der Waals surface area (Å²) in [5.74, 6) is 0.128. The number of rotatable bonds is 4. The zero-order valence-corrected chi connectivity index (χ0v) is 15.3.